The standard InChI is InChI=1S/C9H17NO3/c1-9(2,3)10-7(11)8-12-5-4-6-13-8/h8H,4-6H2,1-3H3,(H,10,11). The summed E-state index contributed by atoms with van der Waals surface area (Å²) in [6, 6.07) is 0. The number of amides is 1. The maximum atomic E-state index is 11.5. The highest BCUT2D eigenvalue weighted by molar-refractivity contribution is 5.80. The Morgan fingerprint density at radius 1 is 1.31 bits per heavy atom. The monoisotopic (exact) mass is 187 g/mol. The van der Waals surface area contributed by atoms with Crippen molar-refractivity contribution in [3.63, 3.8) is 0 Å². The lowest BCUT2D eigenvalue weighted by molar-refractivity contribution is -0.191. The zero-order valence-electron chi connectivity index (χ0n) is 8.42. The van der Waals surface area contributed by atoms with E-state index in [2.05, 4.69) is 5.32 Å². The Balaban J connectivity index is 2.38. The summed E-state index contributed by atoms with van der Waals surface area (Å²) in [5.74, 6) is -0.188. The molecule has 4 heteroatoms. The maximum absolute atomic E-state index is 11.5. The Labute approximate surface area is 78.6 Å². The topological polar surface area (TPSA) is 47.6 Å². The smallest absolute Gasteiger partial charge is 0.277 e. The molecule has 1 N–H and O–H groups in total. The van der Waals surface area contributed by atoms with Crippen molar-refractivity contribution >= 4 is 5.91 Å². The van der Waals surface area contributed by atoms with E-state index in [0.717, 1.165) is 6.42 Å². The number of hydrogen-bond acceptors (Lipinski definition) is 3. The maximum Gasteiger partial charge on any atom is 0.277 e. The summed E-state index contributed by atoms with van der Waals surface area (Å²) in [5.41, 5.74) is -0.235. The van der Waals surface area contributed by atoms with Crippen LogP contribution in [0.1, 0.15) is 27.2 Å². The van der Waals surface area contributed by atoms with Crippen molar-refractivity contribution in [2.45, 2.75) is 39.0 Å². The van der Waals surface area contributed by atoms with Gasteiger partial charge in [0, 0.05) is 5.54 Å². The Hall–Kier alpha value is -0.610. The number of ether oxygens (including phenoxy) is 2. The molecule has 1 heterocycles. The molecule has 1 rings (SSSR count). The van der Waals surface area contributed by atoms with Crippen molar-refractivity contribution in [3.05, 3.63) is 0 Å². The minimum Gasteiger partial charge on any atom is -0.347 e. The van der Waals surface area contributed by atoms with Crippen LogP contribution >= 0.6 is 0 Å². The second kappa shape index (κ2) is 4.07. The average Bonchev–Trinajstić information content (AvgIpc) is 2.03. The number of rotatable bonds is 1. The second-order valence-electron chi connectivity index (χ2n) is 4.17. The summed E-state index contributed by atoms with van der Waals surface area (Å²) >= 11 is 0. The van der Waals surface area contributed by atoms with Crippen molar-refractivity contribution in [1.82, 2.24) is 5.32 Å². The lowest BCUT2D eigenvalue weighted by atomic mass is 10.1. The first-order valence-electron chi connectivity index (χ1n) is 4.54. The highest BCUT2D eigenvalue weighted by Crippen LogP contribution is 2.07. The molecule has 0 aromatic carbocycles. The quantitative estimate of drug-likeness (QED) is 0.656. The van der Waals surface area contributed by atoms with Crippen LogP contribution < -0.4 is 5.32 Å². The van der Waals surface area contributed by atoms with Crippen LogP contribution in [0, 0.1) is 0 Å². The molecule has 1 aliphatic rings. The number of carbonyl (C=O) groups excluding carboxylic acids is 1. The molecule has 0 aromatic heterocycles. The van der Waals surface area contributed by atoms with Crippen LogP contribution in [0.2, 0.25) is 0 Å². The van der Waals surface area contributed by atoms with Gasteiger partial charge < -0.3 is 14.8 Å². The van der Waals surface area contributed by atoms with Gasteiger partial charge in [-0.05, 0) is 27.2 Å². The third-order valence-corrected chi connectivity index (χ3v) is 1.54. The van der Waals surface area contributed by atoms with E-state index in [1.54, 1.807) is 0 Å². The molecular formula is C9H17NO3. The van der Waals surface area contributed by atoms with Crippen LogP contribution in [0.15, 0.2) is 0 Å². The van der Waals surface area contributed by atoms with E-state index in [4.69, 9.17) is 9.47 Å². The Kier molecular flexibility index (Phi) is 3.27. The molecule has 13 heavy (non-hydrogen) atoms. The van der Waals surface area contributed by atoms with Crippen molar-refractivity contribution in [1.29, 1.82) is 0 Å². The van der Waals surface area contributed by atoms with E-state index >= 15 is 0 Å². The van der Waals surface area contributed by atoms with Crippen LogP contribution in [-0.2, 0) is 14.3 Å². The SMILES string of the molecule is CC(C)(C)NC(=O)C1OCCCO1. The highest BCUT2D eigenvalue weighted by atomic mass is 16.7. The Morgan fingerprint density at radius 3 is 2.31 bits per heavy atom. The van der Waals surface area contributed by atoms with Gasteiger partial charge in [0.1, 0.15) is 0 Å². The van der Waals surface area contributed by atoms with E-state index in [0.29, 0.717) is 13.2 Å². The third-order valence-electron chi connectivity index (χ3n) is 1.54. The zero-order valence-corrected chi connectivity index (χ0v) is 8.42. The van der Waals surface area contributed by atoms with Crippen molar-refractivity contribution in [3.8, 4) is 0 Å². The summed E-state index contributed by atoms with van der Waals surface area (Å²) in [6.07, 6.45) is 0.146. The van der Waals surface area contributed by atoms with Crippen molar-refractivity contribution < 1.29 is 14.3 Å². The number of carbonyl (C=O) groups is 1. The van der Waals surface area contributed by atoms with Crippen LogP contribution in [0.25, 0.3) is 0 Å². The molecule has 1 fully saturated rings. The summed E-state index contributed by atoms with van der Waals surface area (Å²) in [7, 11) is 0. The summed E-state index contributed by atoms with van der Waals surface area (Å²) in [5, 5.41) is 2.80. The molecule has 76 valence electrons. The molecule has 0 radical (unpaired) electrons. The molecule has 0 atom stereocenters. The fourth-order valence-corrected chi connectivity index (χ4v) is 1.07. The molecule has 0 unspecified atom stereocenters. The first-order chi connectivity index (χ1) is 5.99. The van der Waals surface area contributed by atoms with Gasteiger partial charge in [-0.15, -0.1) is 0 Å². The van der Waals surface area contributed by atoms with Gasteiger partial charge in [0.2, 0.25) is 6.29 Å². The van der Waals surface area contributed by atoms with E-state index < -0.39 is 6.29 Å². The van der Waals surface area contributed by atoms with Crippen molar-refractivity contribution in [2.24, 2.45) is 0 Å². The predicted molar refractivity (Wildman–Crippen MR) is 48.2 cm³/mol. The van der Waals surface area contributed by atoms with Gasteiger partial charge in [0.05, 0.1) is 13.2 Å². The summed E-state index contributed by atoms with van der Waals surface area (Å²) in [6.45, 7) is 6.97. The molecule has 0 saturated carbocycles. The fourth-order valence-electron chi connectivity index (χ4n) is 1.07. The molecule has 1 saturated heterocycles. The number of nitrogens with one attached hydrogen (secondary N) is 1. The Morgan fingerprint density at radius 2 is 1.85 bits per heavy atom. The van der Waals surface area contributed by atoms with E-state index in [9.17, 15) is 4.79 Å². The first kappa shape index (κ1) is 10.5. The highest BCUT2D eigenvalue weighted by Gasteiger charge is 2.25. The molecule has 0 aromatic rings. The third kappa shape index (κ3) is 3.74. The van der Waals surface area contributed by atoms with E-state index in [1.807, 2.05) is 20.8 Å². The normalized spacial score (nSPS) is 19.9. The molecule has 0 aliphatic carbocycles. The van der Waals surface area contributed by atoms with Crippen LogP contribution in [-0.4, -0.2) is 30.9 Å². The lowest BCUT2D eigenvalue weighted by Gasteiger charge is -2.27. The first-order valence-corrected chi connectivity index (χ1v) is 4.54. The van der Waals surface area contributed by atoms with Gasteiger partial charge in [-0.3, -0.25) is 4.79 Å². The zero-order chi connectivity index (χ0) is 9.90. The molecular weight excluding hydrogens is 170 g/mol. The van der Waals surface area contributed by atoms with Crippen LogP contribution in [0.5, 0.6) is 0 Å². The van der Waals surface area contributed by atoms with Crippen LogP contribution in [0.4, 0.5) is 0 Å². The fraction of sp³-hybridized carbons (Fsp3) is 0.889. The second-order valence-corrected chi connectivity index (χ2v) is 4.17. The predicted octanol–water partition coefficient (Wildman–Crippen LogP) is 0.664. The average molecular weight is 187 g/mol. The van der Waals surface area contributed by atoms with E-state index in [1.165, 1.54) is 0 Å². The lowest BCUT2D eigenvalue weighted by Crippen LogP contribution is -2.48. The van der Waals surface area contributed by atoms with Gasteiger partial charge in [-0.25, -0.2) is 0 Å². The largest absolute Gasteiger partial charge is 0.347 e. The minimum absolute atomic E-state index is 0.188. The van der Waals surface area contributed by atoms with Gasteiger partial charge in [0.25, 0.3) is 5.91 Å². The van der Waals surface area contributed by atoms with Crippen LogP contribution in [0.3, 0.4) is 0 Å². The number of hydrogen-bond donors (Lipinski definition) is 1. The van der Waals surface area contributed by atoms with E-state index in [-0.39, 0.29) is 11.4 Å². The van der Waals surface area contributed by atoms with Gasteiger partial charge in [-0.2, -0.15) is 0 Å². The Bertz CT molecular complexity index is 180. The molecule has 0 bridgehead atoms. The molecule has 1 amide bonds. The summed E-state index contributed by atoms with van der Waals surface area (Å²) < 4.78 is 10.3. The summed E-state index contributed by atoms with van der Waals surface area (Å²) in [4.78, 5) is 11.5. The minimum atomic E-state index is -0.715. The van der Waals surface area contributed by atoms with Gasteiger partial charge in [0.15, 0.2) is 0 Å². The molecule has 4 nitrogen and oxygen atoms in total. The molecule has 0 spiro atoms. The van der Waals surface area contributed by atoms with Gasteiger partial charge in [-0.1, -0.05) is 0 Å². The molecule has 1 aliphatic heterocycles. The van der Waals surface area contributed by atoms with Crippen molar-refractivity contribution in [2.75, 3.05) is 13.2 Å². The van der Waals surface area contributed by atoms with Gasteiger partial charge >= 0.3 is 0 Å².